The van der Waals surface area contributed by atoms with Gasteiger partial charge in [-0.25, -0.2) is 0 Å². The van der Waals surface area contributed by atoms with Crippen LogP contribution in [0.2, 0.25) is 0 Å². The zero-order valence-electron chi connectivity index (χ0n) is 23.2. The van der Waals surface area contributed by atoms with Crippen LogP contribution in [0, 0.1) is 0 Å². The van der Waals surface area contributed by atoms with Crippen LogP contribution in [-0.2, 0) is 30.3 Å². The Morgan fingerprint density at radius 1 is 0.556 bits per heavy atom. The van der Waals surface area contributed by atoms with Gasteiger partial charge in [0.15, 0.2) is 0 Å². The van der Waals surface area contributed by atoms with Gasteiger partial charge in [-0.3, -0.25) is 4.79 Å². The minimum atomic E-state index is -0.111. The summed E-state index contributed by atoms with van der Waals surface area (Å²) in [5.74, 6) is -0.111. The van der Waals surface area contributed by atoms with Crippen LogP contribution < -0.4 is 0 Å². The van der Waals surface area contributed by atoms with Crippen molar-refractivity contribution in [1.29, 1.82) is 0 Å². The van der Waals surface area contributed by atoms with Crippen molar-refractivity contribution in [2.45, 2.75) is 116 Å². The van der Waals surface area contributed by atoms with E-state index < -0.39 is 0 Å². The maximum atomic E-state index is 11.8. The van der Waals surface area contributed by atoms with Gasteiger partial charge in [0.1, 0.15) is 6.61 Å². The second-order valence-electron chi connectivity index (χ2n) is 9.68. The van der Waals surface area contributed by atoms with Crippen LogP contribution in [0.4, 0.5) is 0 Å². The van der Waals surface area contributed by atoms with Gasteiger partial charge in [-0.2, -0.15) is 0 Å². The van der Waals surface area contributed by atoms with Crippen molar-refractivity contribution in [2.75, 3.05) is 39.6 Å². The number of carbonyl (C=O) groups excluding carboxylic acids is 1. The van der Waals surface area contributed by atoms with Crippen LogP contribution >= 0.6 is 0 Å². The molecule has 1 rings (SSSR count). The number of unbranched alkanes of at least 4 members (excludes halogenated alkanes) is 14. The summed E-state index contributed by atoms with van der Waals surface area (Å²) in [4.78, 5) is 11.8. The Hall–Kier alpha value is -1.43. The number of hydrogen-bond donors (Lipinski definition) is 0. The largest absolute Gasteiger partial charge is 0.463 e. The van der Waals surface area contributed by atoms with Crippen molar-refractivity contribution in [1.82, 2.24) is 0 Å². The van der Waals surface area contributed by atoms with Crippen molar-refractivity contribution in [2.24, 2.45) is 0 Å². The molecular weight excluding hydrogens is 452 g/mol. The van der Waals surface area contributed by atoms with Crippen molar-refractivity contribution < 1.29 is 23.7 Å². The highest BCUT2D eigenvalue weighted by molar-refractivity contribution is 5.69. The molecule has 0 bridgehead atoms. The van der Waals surface area contributed by atoms with E-state index in [2.05, 4.69) is 6.92 Å². The summed E-state index contributed by atoms with van der Waals surface area (Å²) in [5, 5.41) is 0. The van der Waals surface area contributed by atoms with Gasteiger partial charge in [0.05, 0.1) is 39.6 Å². The lowest BCUT2D eigenvalue weighted by Gasteiger charge is -2.08. The molecule has 0 aliphatic heterocycles. The first-order valence-corrected chi connectivity index (χ1v) is 14.8. The van der Waals surface area contributed by atoms with Crippen LogP contribution in [0.3, 0.4) is 0 Å². The van der Waals surface area contributed by atoms with E-state index >= 15 is 0 Å². The Labute approximate surface area is 221 Å². The third-order valence-electron chi connectivity index (χ3n) is 6.33. The number of rotatable bonds is 27. The Balaban J connectivity index is 1.70. The molecule has 0 fully saturated rings. The van der Waals surface area contributed by atoms with E-state index in [0.29, 0.717) is 52.7 Å². The molecule has 0 spiro atoms. The lowest BCUT2D eigenvalue weighted by molar-refractivity contribution is -0.145. The maximum Gasteiger partial charge on any atom is 0.305 e. The van der Waals surface area contributed by atoms with Crippen molar-refractivity contribution in [3.05, 3.63) is 35.9 Å². The van der Waals surface area contributed by atoms with Crippen LogP contribution in [0.1, 0.15) is 115 Å². The Morgan fingerprint density at radius 2 is 1.00 bits per heavy atom. The van der Waals surface area contributed by atoms with Crippen LogP contribution in [0.15, 0.2) is 30.3 Å². The molecule has 0 N–H and O–H groups in total. The number of carbonyl (C=O) groups is 1. The molecule has 36 heavy (non-hydrogen) atoms. The van der Waals surface area contributed by atoms with Crippen LogP contribution in [-0.4, -0.2) is 45.6 Å². The molecule has 0 saturated heterocycles. The van der Waals surface area contributed by atoms with Crippen molar-refractivity contribution >= 4 is 5.97 Å². The monoisotopic (exact) mass is 506 g/mol. The predicted molar refractivity (Wildman–Crippen MR) is 148 cm³/mol. The third kappa shape index (κ3) is 23.0. The summed E-state index contributed by atoms with van der Waals surface area (Å²) in [6.07, 6.45) is 20.4. The van der Waals surface area contributed by atoms with E-state index in [0.717, 1.165) is 18.4 Å². The number of ether oxygens (including phenoxy) is 4. The highest BCUT2D eigenvalue weighted by Gasteiger charge is 2.03. The van der Waals surface area contributed by atoms with Gasteiger partial charge in [-0.1, -0.05) is 127 Å². The number of hydrogen-bond acceptors (Lipinski definition) is 5. The van der Waals surface area contributed by atoms with Gasteiger partial charge < -0.3 is 18.9 Å². The fourth-order valence-corrected chi connectivity index (χ4v) is 4.13. The van der Waals surface area contributed by atoms with E-state index in [4.69, 9.17) is 18.9 Å². The van der Waals surface area contributed by atoms with Crippen LogP contribution in [0.5, 0.6) is 0 Å². The maximum absolute atomic E-state index is 11.8. The number of benzene rings is 1. The lowest BCUT2D eigenvalue weighted by Crippen LogP contribution is -2.13. The Kier molecular flexibility index (Phi) is 24.1. The Bertz CT molecular complexity index is 578. The fraction of sp³-hybridized carbons (Fsp3) is 0.774. The molecule has 0 radical (unpaired) electrons. The quantitative estimate of drug-likeness (QED) is 0.0892. The molecule has 0 aliphatic rings. The minimum absolute atomic E-state index is 0.111. The van der Waals surface area contributed by atoms with E-state index in [1.54, 1.807) is 0 Å². The van der Waals surface area contributed by atoms with Gasteiger partial charge >= 0.3 is 5.97 Å². The topological polar surface area (TPSA) is 54.0 Å². The molecule has 0 unspecified atom stereocenters. The highest BCUT2D eigenvalue weighted by Crippen LogP contribution is 2.13. The number of esters is 1. The summed E-state index contributed by atoms with van der Waals surface area (Å²) < 4.78 is 21.7. The van der Waals surface area contributed by atoms with E-state index in [1.165, 1.54) is 83.5 Å². The van der Waals surface area contributed by atoms with Gasteiger partial charge in [0.2, 0.25) is 0 Å². The SMILES string of the molecule is CCCCCCCCCCCCCCCCCC(=O)OCCOCCOCCOCc1ccccc1. The average molecular weight is 507 g/mol. The van der Waals surface area contributed by atoms with Crippen molar-refractivity contribution in [3.63, 3.8) is 0 Å². The smallest absolute Gasteiger partial charge is 0.305 e. The molecule has 0 amide bonds. The third-order valence-corrected chi connectivity index (χ3v) is 6.33. The summed E-state index contributed by atoms with van der Waals surface area (Å²) in [5.41, 5.74) is 1.16. The first-order chi connectivity index (χ1) is 17.8. The highest BCUT2D eigenvalue weighted by atomic mass is 16.6. The summed E-state index contributed by atoms with van der Waals surface area (Å²) >= 11 is 0. The first-order valence-electron chi connectivity index (χ1n) is 14.8. The predicted octanol–water partition coefficient (Wildman–Crippen LogP) is 8.04. The molecule has 0 saturated carbocycles. The van der Waals surface area contributed by atoms with E-state index in [1.807, 2.05) is 30.3 Å². The zero-order valence-corrected chi connectivity index (χ0v) is 23.2. The zero-order chi connectivity index (χ0) is 25.8. The van der Waals surface area contributed by atoms with Gasteiger partial charge in [0, 0.05) is 6.42 Å². The molecule has 208 valence electrons. The van der Waals surface area contributed by atoms with Crippen LogP contribution in [0.25, 0.3) is 0 Å². The minimum Gasteiger partial charge on any atom is -0.463 e. The summed E-state index contributed by atoms with van der Waals surface area (Å²) in [7, 11) is 0. The van der Waals surface area contributed by atoms with E-state index in [9.17, 15) is 4.79 Å². The second-order valence-corrected chi connectivity index (χ2v) is 9.68. The standard InChI is InChI=1S/C31H54O5/c1-2-3-4-5-6-7-8-9-10-11-12-13-14-15-19-22-31(32)36-28-27-34-24-23-33-25-26-35-29-30-20-17-16-18-21-30/h16-18,20-21H,2-15,19,22-29H2,1H3. The van der Waals surface area contributed by atoms with Gasteiger partial charge in [-0.05, 0) is 12.0 Å². The molecule has 0 atom stereocenters. The fourth-order valence-electron chi connectivity index (χ4n) is 4.13. The molecule has 0 heterocycles. The molecule has 0 aromatic heterocycles. The van der Waals surface area contributed by atoms with E-state index in [-0.39, 0.29) is 5.97 Å². The Morgan fingerprint density at radius 3 is 1.53 bits per heavy atom. The molecular formula is C31H54O5. The molecule has 1 aromatic rings. The molecule has 1 aromatic carbocycles. The molecule has 0 aliphatic carbocycles. The molecule has 5 nitrogen and oxygen atoms in total. The normalized spacial score (nSPS) is 11.1. The second kappa shape index (κ2) is 26.6. The average Bonchev–Trinajstić information content (AvgIpc) is 2.90. The first kappa shape index (κ1) is 32.6. The summed E-state index contributed by atoms with van der Waals surface area (Å²) in [6.45, 7) is 5.73. The van der Waals surface area contributed by atoms with Crippen molar-refractivity contribution in [3.8, 4) is 0 Å². The lowest BCUT2D eigenvalue weighted by atomic mass is 10.0. The van der Waals surface area contributed by atoms with Gasteiger partial charge in [-0.15, -0.1) is 0 Å². The molecule has 5 heteroatoms. The summed E-state index contributed by atoms with van der Waals surface area (Å²) in [6, 6.07) is 10.1. The van der Waals surface area contributed by atoms with Gasteiger partial charge in [0.25, 0.3) is 0 Å².